The summed E-state index contributed by atoms with van der Waals surface area (Å²) in [7, 11) is 1.51. The van der Waals surface area contributed by atoms with Crippen molar-refractivity contribution in [3.8, 4) is 5.75 Å². The normalized spacial score (nSPS) is 14.6. The van der Waals surface area contributed by atoms with Crippen LogP contribution in [0.5, 0.6) is 5.75 Å². The number of amides is 2. The fourth-order valence-corrected chi connectivity index (χ4v) is 3.80. The lowest BCUT2D eigenvalue weighted by Gasteiger charge is -2.32. The van der Waals surface area contributed by atoms with Crippen LogP contribution in [0.3, 0.4) is 0 Å². The van der Waals surface area contributed by atoms with Crippen molar-refractivity contribution in [1.82, 2.24) is 19.8 Å². The number of benzene rings is 1. The SMILES string of the molecule is COc1ccc(NC(=O)C2CCN(c3ccc4nncn4n3)CC2)cc1NC(=O)OC(C)(C)C. The number of aromatic nitrogens is 4. The quantitative estimate of drug-likeness (QED) is 0.586. The maximum absolute atomic E-state index is 12.9. The van der Waals surface area contributed by atoms with E-state index in [0.29, 0.717) is 48.7 Å². The summed E-state index contributed by atoms with van der Waals surface area (Å²) < 4.78 is 12.3. The van der Waals surface area contributed by atoms with Gasteiger partial charge in [0, 0.05) is 24.7 Å². The fraction of sp³-hybridized carbons (Fsp3) is 0.435. The molecule has 1 aromatic carbocycles. The van der Waals surface area contributed by atoms with Gasteiger partial charge < -0.3 is 19.7 Å². The average Bonchev–Trinajstić information content (AvgIpc) is 3.26. The summed E-state index contributed by atoms with van der Waals surface area (Å²) in [6, 6.07) is 8.89. The maximum Gasteiger partial charge on any atom is 0.412 e. The van der Waals surface area contributed by atoms with Crippen molar-refractivity contribution < 1.29 is 19.1 Å². The number of anilines is 3. The van der Waals surface area contributed by atoms with Gasteiger partial charge in [0.1, 0.15) is 23.5 Å². The fourth-order valence-electron chi connectivity index (χ4n) is 3.80. The second kappa shape index (κ2) is 9.54. The third-order valence-corrected chi connectivity index (χ3v) is 5.44. The van der Waals surface area contributed by atoms with Crippen LogP contribution >= 0.6 is 0 Å². The molecule has 0 aliphatic carbocycles. The van der Waals surface area contributed by atoms with Gasteiger partial charge in [-0.3, -0.25) is 10.1 Å². The Balaban J connectivity index is 1.36. The molecule has 2 aromatic heterocycles. The summed E-state index contributed by atoms with van der Waals surface area (Å²) >= 11 is 0. The highest BCUT2D eigenvalue weighted by Crippen LogP contribution is 2.29. The van der Waals surface area contributed by atoms with E-state index in [0.717, 1.165) is 5.82 Å². The second-order valence-electron chi connectivity index (χ2n) is 9.12. The Morgan fingerprint density at radius 2 is 1.85 bits per heavy atom. The Kier molecular flexibility index (Phi) is 6.53. The number of nitrogens with one attached hydrogen (secondary N) is 2. The molecule has 1 aliphatic rings. The van der Waals surface area contributed by atoms with E-state index < -0.39 is 11.7 Å². The van der Waals surface area contributed by atoms with Crippen LogP contribution in [0, 0.1) is 5.92 Å². The molecule has 1 aliphatic heterocycles. The Hall–Kier alpha value is -3.89. The Morgan fingerprint density at radius 1 is 1.09 bits per heavy atom. The van der Waals surface area contributed by atoms with Crippen LogP contribution < -0.4 is 20.3 Å². The van der Waals surface area contributed by atoms with E-state index >= 15 is 0 Å². The zero-order chi connectivity index (χ0) is 24.3. The molecule has 1 saturated heterocycles. The molecule has 0 bridgehead atoms. The number of carbonyl (C=O) groups is 2. The monoisotopic (exact) mass is 467 g/mol. The van der Waals surface area contributed by atoms with Crippen LogP contribution in [-0.2, 0) is 9.53 Å². The van der Waals surface area contributed by atoms with Gasteiger partial charge >= 0.3 is 6.09 Å². The Labute approximate surface area is 197 Å². The second-order valence-corrected chi connectivity index (χ2v) is 9.12. The Bertz CT molecular complexity index is 1180. The summed E-state index contributed by atoms with van der Waals surface area (Å²) in [5, 5.41) is 18.0. The summed E-state index contributed by atoms with van der Waals surface area (Å²) in [5.74, 6) is 1.11. The number of methoxy groups -OCH3 is 1. The van der Waals surface area contributed by atoms with Gasteiger partial charge in [0.05, 0.1) is 12.8 Å². The zero-order valence-corrected chi connectivity index (χ0v) is 19.7. The molecule has 2 amide bonds. The summed E-state index contributed by atoms with van der Waals surface area (Å²) in [5.41, 5.74) is 1.05. The van der Waals surface area contributed by atoms with E-state index in [9.17, 15) is 9.59 Å². The van der Waals surface area contributed by atoms with E-state index in [2.05, 4.69) is 30.8 Å². The van der Waals surface area contributed by atoms with Crippen molar-refractivity contribution in [2.24, 2.45) is 5.92 Å². The van der Waals surface area contributed by atoms with Crippen LogP contribution in [0.2, 0.25) is 0 Å². The lowest BCUT2D eigenvalue weighted by molar-refractivity contribution is -0.120. The van der Waals surface area contributed by atoms with E-state index in [4.69, 9.17) is 9.47 Å². The maximum atomic E-state index is 12.9. The van der Waals surface area contributed by atoms with Gasteiger partial charge in [-0.1, -0.05) is 0 Å². The van der Waals surface area contributed by atoms with E-state index in [1.54, 1.807) is 49.8 Å². The minimum atomic E-state index is -0.630. The molecule has 0 atom stereocenters. The van der Waals surface area contributed by atoms with Gasteiger partial charge in [0.2, 0.25) is 5.91 Å². The summed E-state index contributed by atoms with van der Waals surface area (Å²) in [4.78, 5) is 27.3. The third-order valence-electron chi connectivity index (χ3n) is 5.44. The molecule has 0 radical (unpaired) electrons. The van der Waals surface area contributed by atoms with Crippen molar-refractivity contribution in [2.75, 3.05) is 35.7 Å². The van der Waals surface area contributed by atoms with E-state index in [-0.39, 0.29) is 11.8 Å². The average molecular weight is 468 g/mol. The van der Waals surface area contributed by atoms with E-state index in [1.807, 2.05) is 12.1 Å². The number of hydrogen-bond donors (Lipinski definition) is 2. The van der Waals surface area contributed by atoms with Gasteiger partial charge in [-0.15, -0.1) is 15.3 Å². The first-order valence-electron chi connectivity index (χ1n) is 11.1. The first-order chi connectivity index (χ1) is 16.2. The van der Waals surface area contributed by atoms with Crippen molar-refractivity contribution in [3.05, 3.63) is 36.7 Å². The summed E-state index contributed by atoms with van der Waals surface area (Å²) in [6.07, 6.45) is 2.37. The minimum absolute atomic E-state index is 0.0599. The standard InChI is InChI=1S/C23H29N7O4/c1-23(2,3)34-22(32)26-17-13-16(5-6-18(17)33-4)25-21(31)15-9-11-29(12-10-15)20-8-7-19-27-24-14-30(19)28-20/h5-8,13-15H,9-12H2,1-4H3,(H,25,31)(H,26,32). The lowest BCUT2D eigenvalue weighted by Crippen LogP contribution is -2.38. The Morgan fingerprint density at radius 3 is 2.56 bits per heavy atom. The zero-order valence-electron chi connectivity index (χ0n) is 19.7. The van der Waals surface area contributed by atoms with Crippen LogP contribution in [-0.4, -0.2) is 57.6 Å². The highest BCUT2D eigenvalue weighted by molar-refractivity contribution is 5.95. The molecule has 0 saturated carbocycles. The van der Waals surface area contributed by atoms with Crippen molar-refractivity contribution in [1.29, 1.82) is 0 Å². The molecule has 3 heterocycles. The predicted octanol–water partition coefficient (Wildman–Crippen LogP) is 3.34. The first-order valence-corrected chi connectivity index (χ1v) is 11.1. The predicted molar refractivity (Wildman–Crippen MR) is 127 cm³/mol. The van der Waals surface area contributed by atoms with Gasteiger partial charge in [-0.05, 0) is 63.9 Å². The molecule has 11 nitrogen and oxygen atoms in total. The largest absolute Gasteiger partial charge is 0.495 e. The van der Waals surface area contributed by atoms with Gasteiger partial charge in [-0.25, -0.2) is 4.79 Å². The number of rotatable bonds is 5. The number of hydrogen-bond acceptors (Lipinski definition) is 8. The highest BCUT2D eigenvalue weighted by atomic mass is 16.6. The first kappa shape index (κ1) is 23.3. The summed E-state index contributed by atoms with van der Waals surface area (Å²) in [6.45, 7) is 6.79. The van der Waals surface area contributed by atoms with Crippen LogP contribution in [0.1, 0.15) is 33.6 Å². The molecule has 0 spiro atoms. The molecule has 180 valence electrons. The highest BCUT2D eigenvalue weighted by Gasteiger charge is 2.26. The van der Waals surface area contributed by atoms with Crippen molar-refractivity contribution in [3.63, 3.8) is 0 Å². The molecule has 34 heavy (non-hydrogen) atoms. The number of ether oxygens (including phenoxy) is 2. The number of fused-ring (bicyclic) bond motifs is 1. The molecule has 1 fully saturated rings. The van der Waals surface area contributed by atoms with Crippen LogP contribution in [0.15, 0.2) is 36.7 Å². The number of nitrogens with zero attached hydrogens (tertiary/aromatic N) is 5. The smallest absolute Gasteiger partial charge is 0.412 e. The topological polar surface area (TPSA) is 123 Å². The van der Waals surface area contributed by atoms with Crippen molar-refractivity contribution >= 4 is 34.8 Å². The minimum Gasteiger partial charge on any atom is -0.495 e. The van der Waals surface area contributed by atoms with Crippen molar-refractivity contribution in [2.45, 2.75) is 39.2 Å². The molecular weight excluding hydrogens is 438 g/mol. The van der Waals surface area contributed by atoms with E-state index in [1.165, 1.54) is 7.11 Å². The van der Waals surface area contributed by atoms with Gasteiger partial charge in [-0.2, -0.15) is 4.52 Å². The van der Waals surface area contributed by atoms with Gasteiger partial charge in [0.25, 0.3) is 0 Å². The molecule has 4 rings (SSSR count). The lowest BCUT2D eigenvalue weighted by atomic mass is 9.96. The molecule has 2 N–H and O–H groups in total. The molecular formula is C23H29N7O4. The van der Waals surface area contributed by atoms with Crippen LogP contribution in [0.4, 0.5) is 22.0 Å². The number of piperidine rings is 1. The molecule has 0 unspecified atom stereocenters. The van der Waals surface area contributed by atoms with Gasteiger partial charge in [0.15, 0.2) is 5.65 Å². The third kappa shape index (κ3) is 5.53. The molecule has 11 heteroatoms. The van der Waals surface area contributed by atoms with Crippen LogP contribution in [0.25, 0.3) is 5.65 Å². The molecule has 3 aromatic rings. The number of carbonyl (C=O) groups excluding carboxylic acids is 2.